The zero-order chi connectivity index (χ0) is 20.4. The van der Waals surface area contributed by atoms with E-state index in [0.29, 0.717) is 6.42 Å². The van der Waals surface area contributed by atoms with Crippen molar-refractivity contribution >= 4 is 29.6 Å². The van der Waals surface area contributed by atoms with Gasteiger partial charge in [0, 0.05) is 6.42 Å². The maximum absolute atomic E-state index is 12.8. The lowest BCUT2D eigenvalue weighted by atomic mass is 10.0. The van der Waals surface area contributed by atoms with Gasteiger partial charge in [-0.2, -0.15) is 0 Å². The van der Waals surface area contributed by atoms with E-state index in [1.165, 1.54) is 12.1 Å². The summed E-state index contributed by atoms with van der Waals surface area (Å²) in [5.74, 6) is -3.34. The molecule has 10 heteroatoms. The smallest absolute Gasteiger partial charge is 0.320 e. The third-order valence-electron chi connectivity index (χ3n) is 4.66. The van der Waals surface area contributed by atoms with Gasteiger partial charge in [0.15, 0.2) is 0 Å². The van der Waals surface area contributed by atoms with Crippen LogP contribution in [0, 0.1) is 0 Å². The Morgan fingerprint density at radius 3 is 2.71 bits per heavy atom. The molecule has 28 heavy (non-hydrogen) atoms. The van der Waals surface area contributed by atoms with E-state index in [1.807, 2.05) is 0 Å². The first-order valence-corrected chi connectivity index (χ1v) is 8.77. The van der Waals surface area contributed by atoms with Crippen molar-refractivity contribution in [1.29, 1.82) is 0 Å². The highest BCUT2D eigenvalue weighted by molar-refractivity contribution is 6.24. The van der Waals surface area contributed by atoms with Gasteiger partial charge in [-0.05, 0) is 31.4 Å². The second-order valence-corrected chi connectivity index (χ2v) is 6.56. The van der Waals surface area contributed by atoms with Crippen LogP contribution in [0.4, 0.5) is 0 Å². The average Bonchev–Trinajstić information content (AvgIpc) is 2.90. The molecule has 0 radical (unpaired) electrons. The van der Waals surface area contributed by atoms with Crippen LogP contribution in [-0.2, 0) is 14.4 Å². The number of aliphatic carboxylic acids is 1. The minimum absolute atomic E-state index is 0.0387. The van der Waals surface area contributed by atoms with E-state index in [0.717, 1.165) is 4.90 Å². The summed E-state index contributed by atoms with van der Waals surface area (Å²) in [4.78, 5) is 60.5. The Hall–Kier alpha value is -3.27. The third kappa shape index (κ3) is 3.58. The van der Waals surface area contributed by atoms with E-state index in [1.54, 1.807) is 6.07 Å². The van der Waals surface area contributed by atoms with E-state index in [9.17, 15) is 24.0 Å². The van der Waals surface area contributed by atoms with E-state index < -0.39 is 41.7 Å². The molecule has 0 bridgehead atoms. The van der Waals surface area contributed by atoms with Crippen LogP contribution < -0.4 is 15.8 Å². The fourth-order valence-electron chi connectivity index (χ4n) is 3.21. The van der Waals surface area contributed by atoms with Gasteiger partial charge in [0.1, 0.15) is 17.8 Å². The van der Waals surface area contributed by atoms with Crippen LogP contribution in [0.1, 0.15) is 46.4 Å². The van der Waals surface area contributed by atoms with E-state index >= 15 is 0 Å². The maximum atomic E-state index is 12.8. The zero-order valence-electron chi connectivity index (χ0n) is 14.8. The summed E-state index contributed by atoms with van der Waals surface area (Å²) < 4.78 is 5.57. The number of hydrogen-bond acceptors (Lipinski definition) is 7. The Morgan fingerprint density at radius 2 is 2.04 bits per heavy atom. The molecule has 4 N–H and O–H groups in total. The normalized spacial score (nSPS) is 20.0. The first-order chi connectivity index (χ1) is 13.3. The number of amides is 4. The standard InChI is InChI=1S/C18H19N3O7/c19-10(18(26)27)4-2-8-28-12-5-1-3-9-14(12)17(25)21(16(9)24)11-6-7-13(22)20-15(11)23/h1,3,5,10-11H,2,4,6-8,19H2,(H,26,27)(H,20,22,23)/t10-,11?/m0/s1. The second kappa shape index (κ2) is 7.77. The Balaban J connectivity index is 1.74. The fraction of sp³-hybridized carbons (Fsp3) is 0.389. The molecule has 0 saturated carbocycles. The minimum Gasteiger partial charge on any atom is -0.493 e. The maximum Gasteiger partial charge on any atom is 0.320 e. The number of hydrogen-bond donors (Lipinski definition) is 3. The SMILES string of the molecule is N[C@@H](CCCOc1cccc2c1C(=O)N(C1CCC(=O)NC1=O)C2=O)C(=O)O. The molecule has 4 amide bonds. The van der Waals surface area contributed by atoms with Crippen molar-refractivity contribution in [2.45, 2.75) is 37.8 Å². The summed E-state index contributed by atoms with van der Waals surface area (Å²) in [5, 5.41) is 10.9. The van der Waals surface area contributed by atoms with Crippen LogP contribution in [0.2, 0.25) is 0 Å². The Labute approximate surface area is 159 Å². The molecule has 0 aliphatic carbocycles. The van der Waals surface area contributed by atoms with Crippen molar-refractivity contribution in [3.05, 3.63) is 29.3 Å². The predicted octanol–water partition coefficient (Wildman–Crippen LogP) is -0.341. The molecular weight excluding hydrogens is 370 g/mol. The molecule has 2 aliphatic rings. The zero-order valence-corrected chi connectivity index (χ0v) is 14.8. The lowest BCUT2D eigenvalue weighted by molar-refractivity contribution is -0.139. The van der Waals surface area contributed by atoms with Gasteiger partial charge in [0.05, 0.1) is 17.7 Å². The number of nitrogens with two attached hydrogens (primary N) is 1. The van der Waals surface area contributed by atoms with Crippen LogP contribution in [0.5, 0.6) is 5.75 Å². The fourth-order valence-corrected chi connectivity index (χ4v) is 3.21. The van der Waals surface area contributed by atoms with Gasteiger partial charge >= 0.3 is 5.97 Å². The molecule has 1 saturated heterocycles. The number of carbonyl (C=O) groups is 5. The molecule has 148 valence electrons. The first-order valence-electron chi connectivity index (χ1n) is 8.77. The minimum atomic E-state index is -1.11. The van der Waals surface area contributed by atoms with Gasteiger partial charge < -0.3 is 15.6 Å². The summed E-state index contributed by atoms with van der Waals surface area (Å²) in [6.07, 6.45) is 0.645. The molecule has 1 unspecified atom stereocenters. The molecule has 3 rings (SSSR count). The highest BCUT2D eigenvalue weighted by Crippen LogP contribution is 2.33. The van der Waals surface area contributed by atoms with Crippen LogP contribution >= 0.6 is 0 Å². The lowest BCUT2D eigenvalue weighted by Crippen LogP contribution is -2.54. The van der Waals surface area contributed by atoms with Crippen LogP contribution in [0.3, 0.4) is 0 Å². The molecule has 2 atom stereocenters. The molecular formula is C18H19N3O7. The Kier molecular flexibility index (Phi) is 5.41. The van der Waals surface area contributed by atoms with E-state index in [4.69, 9.17) is 15.6 Å². The number of carbonyl (C=O) groups excluding carboxylic acids is 4. The second-order valence-electron chi connectivity index (χ2n) is 6.56. The van der Waals surface area contributed by atoms with Gasteiger partial charge in [0.25, 0.3) is 11.8 Å². The number of fused-ring (bicyclic) bond motifs is 1. The quantitative estimate of drug-likeness (QED) is 0.422. The molecule has 2 heterocycles. The van der Waals surface area contributed by atoms with Crippen LogP contribution in [-0.4, -0.2) is 58.3 Å². The van der Waals surface area contributed by atoms with Gasteiger partial charge in [-0.1, -0.05) is 6.07 Å². The highest BCUT2D eigenvalue weighted by Gasteiger charge is 2.45. The highest BCUT2D eigenvalue weighted by atomic mass is 16.5. The number of ether oxygens (including phenoxy) is 1. The molecule has 1 fully saturated rings. The van der Waals surface area contributed by atoms with E-state index in [-0.39, 0.29) is 42.7 Å². The Morgan fingerprint density at radius 1 is 1.29 bits per heavy atom. The van der Waals surface area contributed by atoms with Crippen molar-refractivity contribution in [3.63, 3.8) is 0 Å². The van der Waals surface area contributed by atoms with Crippen molar-refractivity contribution in [2.75, 3.05) is 6.61 Å². The van der Waals surface area contributed by atoms with Crippen LogP contribution in [0.25, 0.3) is 0 Å². The van der Waals surface area contributed by atoms with Crippen LogP contribution in [0.15, 0.2) is 18.2 Å². The number of piperidine rings is 1. The molecule has 0 spiro atoms. The first kappa shape index (κ1) is 19.5. The molecule has 1 aromatic carbocycles. The van der Waals surface area contributed by atoms with E-state index in [2.05, 4.69) is 5.32 Å². The number of nitrogens with zero attached hydrogens (tertiary/aromatic N) is 1. The molecule has 2 aliphatic heterocycles. The number of rotatable bonds is 7. The van der Waals surface area contributed by atoms with Crippen molar-refractivity contribution in [2.24, 2.45) is 5.73 Å². The molecule has 0 aromatic heterocycles. The average molecular weight is 389 g/mol. The number of carboxylic acids is 1. The largest absolute Gasteiger partial charge is 0.493 e. The lowest BCUT2D eigenvalue weighted by Gasteiger charge is -2.27. The summed E-state index contributed by atoms with van der Waals surface area (Å²) >= 11 is 0. The number of benzene rings is 1. The number of imide groups is 2. The number of nitrogens with one attached hydrogen (secondary N) is 1. The molecule has 1 aromatic rings. The summed E-state index contributed by atoms with van der Waals surface area (Å²) in [6.45, 7) is 0.108. The summed E-state index contributed by atoms with van der Waals surface area (Å²) in [7, 11) is 0. The molecule has 10 nitrogen and oxygen atoms in total. The van der Waals surface area contributed by atoms with Gasteiger partial charge in [-0.15, -0.1) is 0 Å². The summed E-state index contributed by atoms with van der Waals surface area (Å²) in [5.41, 5.74) is 5.60. The van der Waals surface area contributed by atoms with Crippen molar-refractivity contribution in [3.8, 4) is 5.75 Å². The van der Waals surface area contributed by atoms with Gasteiger partial charge in [0.2, 0.25) is 11.8 Å². The topological polar surface area (TPSA) is 156 Å². The predicted molar refractivity (Wildman–Crippen MR) is 93.5 cm³/mol. The number of carboxylic acid groups (broad SMARTS) is 1. The summed E-state index contributed by atoms with van der Waals surface area (Å²) in [6, 6.07) is 2.49. The van der Waals surface area contributed by atoms with Gasteiger partial charge in [-0.25, -0.2) is 0 Å². The monoisotopic (exact) mass is 389 g/mol. The third-order valence-corrected chi connectivity index (χ3v) is 4.66. The van der Waals surface area contributed by atoms with Crippen molar-refractivity contribution < 1.29 is 33.8 Å². The van der Waals surface area contributed by atoms with Crippen molar-refractivity contribution in [1.82, 2.24) is 10.2 Å². The van der Waals surface area contributed by atoms with Gasteiger partial charge in [-0.3, -0.25) is 34.2 Å². The Bertz CT molecular complexity index is 867.